The van der Waals surface area contributed by atoms with Crippen molar-refractivity contribution in [3.8, 4) is 0 Å². The highest BCUT2D eigenvalue weighted by atomic mass is 32.1. The minimum absolute atomic E-state index is 0.243. The standard InChI is InChI=1S/C13H16N4S/c1-3-12-15-16-13(18)17(12)14-9-10(2)11-7-5-4-6-8-11/h4-10H,3H2,1-2H3,(H,16,18)/t10-/m1/s1. The van der Waals surface area contributed by atoms with Gasteiger partial charge in [-0.25, -0.2) is 0 Å². The highest BCUT2D eigenvalue weighted by Crippen LogP contribution is 2.12. The van der Waals surface area contributed by atoms with Crippen LogP contribution in [0.1, 0.15) is 31.2 Å². The van der Waals surface area contributed by atoms with E-state index in [1.54, 1.807) is 4.68 Å². The van der Waals surface area contributed by atoms with Crippen molar-refractivity contribution in [2.24, 2.45) is 5.10 Å². The molecule has 0 saturated heterocycles. The molecule has 0 aliphatic rings. The minimum Gasteiger partial charge on any atom is -0.250 e. The maximum Gasteiger partial charge on any atom is 0.216 e. The number of nitrogens with zero attached hydrogens (tertiary/aromatic N) is 3. The lowest BCUT2D eigenvalue weighted by Gasteiger charge is -2.05. The summed E-state index contributed by atoms with van der Waals surface area (Å²) in [7, 11) is 0. The molecule has 1 aromatic heterocycles. The second-order valence-electron chi connectivity index (χ2n) is 4.07. The number of aromatic nitrogens is 3. The predicted molar refractivity (Wildman–Crippen MR) is 75.5 cm³/mol. The van der Waals surface area contributed by atoms with Gasteiger partial charge in [-0.15, -0.1) is 0 Å². The van der Waals surface area contributed by atoms with E-state index in [-0.39, 0.29) is 5.92 Å². The zero-order valence-electron chi connectivity index (χ0n) is 10.5. The Balaban J connectivity index is 2.21. The largest absolute Gasteiger partial charge is 0.250 e. The predicted octanol–water partition coefficient (Wildman–Crippen LogP) is 3.14. The first-order chi connectivity index (χ1) is 8.72. The second-order valence-corrected chi connectivity index (χ2v) is 4.46. The highest BCUT2D eigenvalue weighted by Gasteiger charge is 2.04. The van der Waals surface area contributed by atoms with Crippen molar-refractivity contribution in [2.45, 2.75) is 26.2 Å². The number of nitrogens with one attached hydrogen (secondary N) is 1. The van der Waals surface area contributed by atoms with E-state index >= 15 is 0 Å². The molecule has 4 nitrogen and oxygen atoms in total. The van der Waals surface area contributed by atoms with Gasteiger partial charge in [-0.2, -0.15) is 14.9 Å². The van der Waals surface area contributed by atoms with E-state index < -0.39 is 0 Å². The Bertz CT molecular complexity index is 583. The van der Waals surface area contributed by atoms with Crippen LogP contribution in [-0.4, -0.2) is 21.1 Å². The molecule has 1 atom stereocenters. The first kappa shape index (κ1) is 12.7. The van der Waals surface area contributed by atoms with Gasteiger partial charge < -0.3 is 0 Å². The van der Waals surface area contributed by atoms with Crippen molar-refractivity contribution in [1.29, 1.82) is 0 Å². The first-order valence-electron chi connectivity index (χ1n) is 5.98. The molecule has 0 amide bonds. The zero-order valence-corrected chi connectivity index (χ0v) is 11.3. The molecule has 0 aliphatic carbocycles. The van der Waals surface area contributed by atoms with Gasteiger partial charge in [-0.1, -0.05) is 44.2 Å². The number of hydrogen-bond donors (Lipinski definition) is 1. The number of hydrogen-bond acceptors (Lipinski definition) is 3. The Morgan fingerprint density at radius 2 is 2.17 bits per heavy atom. The summed E-state index contributed by atoms with van der Waals surface area (Å²) >= 11 is 5.14. The highest BCUT2D eigenvalue weighted by molar-refractivity contribution is 7.71. The summed E-state index contributed by atoms with van der Waals surface area (Å²) in [5.41, 5.74) is 1.23. The van der Waals surface area contributed by atoms with Gasteiger partial charge in [0.1, 0.15) is 0 Å². The monoisotopic (exact) mass is 260 g/mol. The molecule has 5 heteroatoms. The minimum atomic E-state index is 0.243. The number of H-pyrrole nitrogens is 1. The summed E-state index contributed by atoms with van der Waals surface area (Å²) in [6.45, 7) is 4.13. The van der Waals surface area contributed by atoms with Gasteiger partial charge in [-0.3, -0.25) is 5.10 Å². The van der Waals surface area contributed by atoms with Crippen molar-refractivity contribution < 1.29 is 0 Å². The van der Waals surface area contributed by atoms with E-state index in [1.165, 1.54) is 5.56 Å². The van der Waals surface area contributed by atoms with Crippen molar-refractivity contribution in [2.75, 3.05) is 0 Å². The Labute approximate surface area is 111 Å². The van der Waals surface area contributed by atoms with Crippen LogP contribution in [0.15, 0.2) is 35.4 Å². The molecule has 0 aliphatic heterocycles. The van der Waals surface area contributed by atoms with Crippen molar-refractivity contribution >= 4 is 18.4 Å². The number of benzene rings is 1. The molecule has 2 aromatic rings. The Morgan fingerprint density at radius 1 is 1.44 bits per heavy atom. The van der Waals surface area contributed by atoms with Gasteiger partial charge in [0.2, 0.25) is 4.77 Å². The fraction of sp³-hybridized carbons (Fsp3) is 0.308. The van der Waals surface area contributed by atoms with Crippen LogP contribution < -0.4 is 0 Å². The smallest absolute Gasteiger partial charge is 0.216 e. The molecule has 1 N–H and O–H groups in total. The Kier molecular flexibility index (Phi) is 4.04. The maximum atomic E-state index is 5.14. The SMILES string of the molecule is CCc1n[nH]c(=S)n1N=C[C@@H](C)c1ccccc1. The van der Waals surface area contributed by atoms with Crippen LogP contribution in [0.3, 0.4) is 0 Å². The third kappa shape index (κ3) is 2.73. The lowest BCUT2D eigenvalue weighted by molar-refractivity contribution is 0.773. The maximum absolute atomic E-state index is 5.14. The molecule has 94 valence electrons. The van der Waals surface area contributed by atoms with E-state index in [4.69, 9.17) is 12.2 Å². The summed E-state index contributed by atoms with van der Waals surface area (Å²) in [6.07, 6.45) is 2.68. The van der Waals surface area contributed by atoms with Crippen LogP contribution in [0.4, 0.5) is 0 Å². The second kappa shape index (κ2) is 5.73. The molecule has 0 spiro atoms. The van der Waals surface area contributed by atoms with E-state index in [0.717, 1.165) is 12.2 Å². The summed E-state index contributed by atoms with van der Waals surface area (Å²) in [5, 5.41) is 11.3. The van der Waals surface area contributed by atoms with Gasteiger partial charge in [-0.05, 0) is 17.8 Å². The van der Waals surface area contributed by atoms with Crippen LogP contribution in [0.2, 0.25) is 0 Å². The quantitative estimate of drug-likeness (QED) is 0.678. The molecule has 2 rings (SSSR count). The Hall–Kier alpha value is -1.75. The number of aromatic amines is 1. The normalized spacial score (nSPS) is 13.0. The van der Waals surface area contributed by atoms with Crippen LogP contribution in [0.25, 0.3) is 0 Å². The summed E-state index contributed by atoms with van der Waals surface area (Å²) in [4.78, 5) is 0. The Morgan fingerprint density at radius 3 is 2.83 bits per heavy atom. The molecule has 0 unspecified atom stereocenters. The van der Waals surface area contributed by atoms with Gasteiger partial charge in [0.15, 0.2) is 5.82 Å². The molecule has 0 fully saturated rings. The summed E-state index contributed by atoms with van der Waals surface area (Å²) in [5.74, 6) is 1.09. The van der Waals surface area contributed by atoms with Crippen LogP contribution in [0.5, 0.6) is 0 Å². The molecule has 1 aromatic carbocycles. The van der Waals surface area contributed by atoms with Gasteiger partial charge in [0.25, 0.3) is 0 Å². The third-order valence-corrected chi connectivity index (χ3v) is 3.03. The molecule has 1 heterocycles. The fourth-order valence-corrected chi connectivity index (χ4v) is 1.88. The van der Waals surface area contributed by atoms with Crippen LogP contribution in [0, 0.1) is 4.77 Å². The average Bonchev–Trinajstić information content (AvgIpc) is 2.77. The van der Waals surface area contributed by atoms with Crippen molar-refractivity contribution in [3.63, 3.8) is 0 Å². The first-order valence-corrected chi connectivity index (χ1v) is 6.39. The van der Waals surface area contributed by atoms with Crippen molar-refractivity contribution in [3.05, 3.63) is 46.5 Å². The van der Waals surface area contributed by atoms with E-state index in [2.05, 4.69) is 34.4 Å². The number of rotatable bonds is 4. The number of aryl methyl sites for hydroxylation is 1. The summed E-state index contributed by atoms with van der Waals surface area (Å²) < 4.78 is 2.21. The van der Waals surface area contributed by atoms with Gasteiger partial charge >= 0.3 is 0 Å². The van der Waals surface area contributed by atoms with Gasteiger partial charge in [0, 0.05) is 18.6 Å². The molecule has 0 saturated carbocycles. The molecule has 18 heavy (non-hydrogen) atoms. The van der Waals surface area contributed by atoms with Crippen LogP contribution >= 0.6 is 12.2 Å². The van der Waals surface area contributed by atoms with Crippen LogP contribution in [-0.2, 0) is 6.42 Å². The topological polar surface area (TPSA) is 46.0 Å². The molecule has 0 radical (unpaired) electrons. The zero-order chi connectivity index (χ0) is 13.0. The van der Waals surface area contributed by atoms with Gasteiger partial charge in [0.05, 0.1) is 0 Å². The van der Waals surface area contributed by atoms with Crippen molar-refractivity contribution in [1.82, 2.24) is 14.9 Å². The lowest BCUT2D eigenvalue weighted by Crippen LogP contribution is -2.00. The average molecular weight is 260 g/mol. The van der Waals surface area contributed by atoms with E-state index in [1.807, 2.05) is 31.3 Å². The van der Waals surface area contributed by atoms with E-state index in [0.29, 0.717) is 4.77 Å². The lowest BCUT2D eigenvalue weighted by atomic mass is 10.0. The van der Waals surface area contributed by atoms with E-state index in [9.17, 15) is 0 Å². The molecular weight excluding hydrogens is 244 g/mol. The third-order valence-electron chi connectivity index (χ3n) is 2.76. The fourth-order valence-electron chi connectivity index (χ4n) is 1.68. The summed E-state index contributed by atoms with van der Waals surface area (Å²) in [6, 6.07) is 10.2. The molecular formula is C13H16N4S. The molecule has 0 bridgehead atoms.